The van der Waals surface area contributed by atoms with Crippen LogP contribution < -0.4 is 0 Å². The Hall–Kier alpha value is -3.87. The molecule has 0 spiro atoms. The van der Waals surface area contributed by atoms with E-state index >= 15 is 0 Å². The molecule has 4 saturated heterocycles. The summed E-state index contributed by atoms with van der Waals surface area (Å²) in [4.78, 5) is 13.6. The number of hydrogen-bond donors (Lipinski definition) is 14. The fourth-order valence-electron chi connectivity index (χ4n) is 7.32. The summed E-state index contributed by atoms with van der Waals surface area (Å²) in [5.74, 6) is -2.89. The quantitative estimate of drug-likeness (QED) is 0.0453. The average molecular weight is 919 g/mol. The lowest BCUT2D eigenvalue weighted by Crippen LogP contribution is -2.66. The molecule has 0 bridgehead atoms. The Bertz CT molecular complexity index is 1870. The third-order valence-electron chi connectivity index (χ3n) is 11.1. The number of aliphatic hydroxyl groups excluding tert-OH is 10. The van der Waals surface area contributed by atoms with Gasteiger partial charge >= 0.3 is 5.97 Å². The summed E-state index contributed by atoms with van der Waals surface area (Å²) in [7, 11) is 0. The molecule has 4 aliphatic heterocycles. The first-order chi connectivity index (χ1) is 30.4. The number of phenolic OH excluding ortho intramolecular Hbond substituents is 4. The van der Waals surface area contributed by atoms with Crippen LogP contribution >= 0.6 is 0 Å². The maximum atomic E-state index is 13.6. The van der Waals surface area contributed by atoms with E-state index < -0.39 is 160 Å². The minimum absolute atomic E-state index is 0.0571. The van der Waals surface area contributed by atoms with E-state index in [1.807, 2.05) is 0 Å². The summed E-state index contributed by atoms with van der Waals surface area (Å²) in [5, 5.41) is 145. The summed E-state index contributed by atoms with van der Waals surface area (Å²) in [5.41, 5.74) is 0.693. The molecule has 14 N–H and O–H groups in total. The van der Waals surface area contributed by atoms with Crippen molar-refractivity contribution in [2.24, 2.45) is 0 Å². The molecule has 24 nitrogen and oxygen atoms in total. The maximum absolute atomic E-state index is 13.6. The van der Waals surface area contributed by atoms with E-state index in [1.165, 1.54) is 37.3 Å². The SMILES string of the molecule is C[C@@H]1O[C@H](O[C@H]2[C@H](O)[C@@H](OCCc3ccc(O)c(O)c3)O[C@@H](CO[C@@H]3O[C@@H](CO)[C@@H](O)[C@H](O)[C@H]3O)[C@@H]2OC(=O)/C=C\c2ccc(O)c(O)c2)[C@H](O[C@@H]2OC[C@H](O)[C@@H](O)[C@@H]2O)[C@H](O)[C@H]1O. The molecule has 4 aliphatic rings. The summed E-state index contributed by atoms with van der Waals surface area (Å²) in [6.45, 7) is -0.978. The van der Waals surface area contributed by atoms with E-state index in [0.29, 0.717) is 5.56 Å². The lowest BCUT2D eigenvalue weighted by Gasteiger charge is -2.48. The van der Waals surface area contributed by atoms with Gasteiger partial charge in [-0.3, -0.25) is 0 Å². The smallest absolute Gasteiger partial charge is 0.331 e. The van der Waals surface area contributed by atoms with Crippen molar-refractivity contribution in [3.05, 3.63) is 53.6 Å². The van der Waals surface area contributed by atoms with Gasteiger partial charge in [0.2, 0.25) is 0 Å². The first kappa shape index (κ1) is 49.6. The number of carbonyl (C=O) groups is 1. The number of ether oxygens (including phenoxy) is 9. The van der Waals surface area contributed by atoms with Gasteiger partial charge in [0.05, 0.1) is 32.5 Å². The fraction of sp³-hybridized carbons (Fsp3) is 0.625. The van der Waals surface area contributed by atoms with Gasteiger partial charge < -0.3 is 114 Å². The van der Waals surface area contributed by atoms with E-state index in [0.717, 1.165) is 18.2 Å². The largest absolute Gasteiger partial charge is 0.504 e. The Kier molecular flexibility index (Phi) is 16.7. The molecule has 4 heterocycles. The molecule has 0 amide bonds. The Morgan fingerprint density at radius 1 is 0.641 bits per heavy atom. The van der Waals surface area contributed by atoms with E-state index in [9.17, 15) is 76.3 Å². The number of esters is 1. The van der Waals surface area contributed by atoms with Crippen LogP contribution in [0.1, 0.15) is 18.1 Å². The van der Waals surface area contributed by atoms with Crippen molar-refractivity contribution < 1.29 is 119 Å². The van der Waals surface area contributed by atoms with Crippen LogP contribution in [0.5, 0.6) is 23.0 Å². The van der Waals surface area contributed by atoms with E-state index in [2.05, 4.69) is 0 Å². The molecule has 358 valence electrons. The standard InChI is InChI=1S/C40H54O24/c1-15-26(48)30(52)36(64-38-31(53)27(49)22(46)13-57-38)40(59-15)63-35-33(55)39(56-9-8-17-3-6-19(43)21(45)11-17)61-24(14-58-37-32(54)29(51)28(50)23(12-41)60-37)34(35)62-25(47)7-4-16-2-5-18(42)20(44)10-16/h2-7,10-11,15,22-24,26-46,48-55H,8-9,12-14H2,1H3/b7-4-/t15-,22-,23-,24-,26-,27+,28+,29-,30+,31-,32+,33-,34-,35-,36+,37+,38-,39-,40+/m0/s1. The van der Waals surface area contributed by atoms with Crippen LogP contribution in [0.4, 0.5) is 0 Å². The Balaban J connectivity index is 1.33. The van der Waals surface area contributed by atoms with Gasteiger partial charge in [-0.2, -0.15) is 0 Å². The van der Waals surface area contributed by atoms with Crippen molar-refractivity contribution in [3.63, 3.8) is 0 Å². The second-order valence-corrected chi connectivity index (χ2v) is 15.6. The molecular formula is C40H54O24. The average Bonchev–Trinajstić information content (AvgIpc) is 3.26. The summed E-state index contributed by atoms with van der Waals surface area (Å²) in [6, 6.07) is 7.62. The second kappa shape index (κ2) is 21.6. The number of hydrogen-bond acceptors (Lipinski definition) is 24. The van der Waals surface area contributed by atoms with Crippen molar-refractivity contribution in [2.45, 2.75) is 130 Å². The first-order valence-corrected chi connectivity index (χ1v) is 20.2. The molecule has 0 unspecified atom stereocenters. The van der Waals surface area contributed by atoms with Gasteiger partial charge in [-0.25, -0.2) is 4.79 Å². The highest BCUT2D eigenvalue weighted by molar-refractivity contribution is 5.87. The third-order valence-corrected chi connectivity index (χ3v) is 11.1. The van der Waals surface area contributed by atoms with Crippen molar-refractivity contribution in [2.75, 3.05) is 26.4 Å². The van der Waals surface area contributed by atoms with Crippen LogP contribution in [-0.2, 0) is 53.8 Å². The van der Waals surface area contributed by atoms with Crippen LogP contribution in [0, 0.1) is 0 Å². The zero-order valence-corrected chi connectivity index (χ0v) is 34.0. The van der Waals surface area contributed by atoms with Gasteiger partial charge in [0.15, 0.2) is 54.3 Å². The van der Waals surface area contributed by atoms with Crippen LogP contribution in [0.15, 0.2) is 42.5 Å². The molecule has 2 aromatic carbocycles. The molecular weight excluding hydrogens is 864 g/mol. The first-order valence-electron chi connectivity index (χ1n) is 20.2. The number of phenols is 4. The van der Waals surface area contributed by atoms with Gasteiger partial charge in [-0.05, 0) is 54.8 Å². The molecule has 0 saturated carbocycles. The Morgan fingerprint density at radius 2 is 1.28 bits per heavy atom. The zero-order chi connectivity index (χ0) is 46.6. The van der Waals surface area contributed by atoms with E-state index in [-0.39, 0.29) is 24.3 Å². The number of rotatable bonds is 15. The summed E-state index contributed by atoms with van der Waals surface area (Å²) < 4.78 is 52.3. The van der Waals surface area contributed by atoms with Gasteiger partial charge in [0, 0.05) is 6.08 Å². The molecule has 19 atom stereocenters. The van der Waals surface area contributed by atoms with Crippen LogP contribution in [0.2, 0.25) is 0 Å². The van der Waals surface area contributed by atoms with Crippen LogP contribution in [0.25, 0.3) is 6.08 Å². The predicted octanol–water partition coefficient (Wildman–Crippen LogP) is -4.73. The Labute approximate surface area is 363 Å². The van der Waals surface area contributed by atoms with Crippen molar-refractivity contribution in [3.8, 4) is 23.0 Å². The molecule has 24 heteroatoms. The molecule has 0 radical (unpaired) electrons. The third kappa shape index (κ3) is 11.4. The van der Waals surface area contributed by atoms with E-state index in [1.54, 1.807) is 0 Å². The van der Waals surface area contributed by atoms with Gasteiger partial charge in [0.1, 0.15) is 79.4 Å². The highest BCUT2D eigenvalue weighted by Gasteiger charge is 2.55. The zero-order valence-electron chi connectivity index (χ0n) is 34.0. The summed E-state index contributed by atoms with van der Waals surface area (Å²) in [6.07, 6.45) is -30.8. The lowest BCUT2D eigenvalue weighted by atomic mass is 9.96. The Morgan fingerprint density at radius 3 is 1.97 bits per heavy atom. The van der Waals surface area contributed by atoms with E-state index in [4.69, 9.17) is 42.6 Å². The van der Waals surface area contributed by atoms with Gasteiger partial charge in [-0.15, -0.1) is 0 Å². The van der Waals surface area contributed by atoms with Gasteiger partial charge in [-0.1, -0.05) is 12.1 Å². The lowest BCUT2D eigenvalue weighted by molar-refractivity contribution is -0.383. The minimum atomic E-state index is -1.97. The predicted molar refractivity (Wildman–Crippen MR) is 206 cm³/mol. The highest BCUT2D eigenvalue weighted by Crippen LogP contribution is 2.35. The number of benzene rings is 2. The topological polar surface area (TPSA) is 383 Å². The second-order valence-electron chi connectivity index (χ2n) is 15.6. The number of carbonyl (C=O) groups excluding carboxylic acids is 1. The van der Waals surface area contributed by atoms with Crippen molar-refractivity contribution in [1.82, 2.24) is 0 Å². The molecule has 0 aliphatic carbocycles. The van der Waals surface area contributed by atoms with Crippen molar-refractivity contribution in [1.29, 1.82) is 0 Å². The minimum Gasteiger partial charge on any atom is -0.504 e. The van der Waals surface area contributed by atoms with Crippen LogP contribution in [-0.4, -0.2) is 221 Å². The highest BCUT2D eigenvalue weighted by atomic mass is 16.8. The number of aromatic hydroxyl groups is 4. The molecule has 4 fully saturated rings. The monoisotopic (exact) mass is 918 g/mol. The summed E-state index contributed by atoms with van der Waals surface area (Å²) >= 11 is 0. The fourth-order valence-corrected chi connectivity index (χ4v) is 7.32. The number of aliphatic hydroxyl groups is 10. The van der Waals surface area contributed by atoms with Crippen LogP contribution in [0.3, 0.4) is 0 Å². The molecule has 2 aromatic rings. The molecule has 0 aromatic heterocycles. The molecule has 6 rings (SSSR count). The molecule has 64 heavy (non-hydrogen) atoms. The maximum Gasteiger partial charge on any atom is 0.331 e. The van der Waals surface area contributed by atoms with Gasteiger partial charge in [0.25, 0.3) is 0 Å². The normalized spacial score (nSPS) is 39.5. The van der Waals surface area contributed by atoms with Crippen molar-refractivity contribution >= 4 is 12.0 Å².